The molecule has 0 saturated heterocycles. The van der Waals surface area contributed by atoms with Crippen molar-refractivity contribution in [2.45, 2.75) is 44.4 Å². The van der Waals surface area contributed by atoms with E-state index in [1.807, 2.05) is 12.1 Å². The van der Waals surface area contributed by atoms with Gasteiger partial charge < -0.3 is 16.2 Å². The monoisotopic (exact) mass is 382 g/mol. The third-order valence-electron chi connectivity index (χ3n) is 5.16. The molecule has 2 aliphatic rings. The van der Waals surface area contributed by atoms with Gasteiger partial charge in [-0.3, -0.25) is 9.88 Å². The SMILES string of the molecule is NC1=NC2(CCCCC2)N(c2cc(F)ccc2OCc2ccncc2)C(N)=N1. The molecule has 7 nitrogen and oxygen atoms in total. The van der Waals surface area contributed by atoms with Crippen LogP contribution in [0.25, 0.3) is 0 Å². The van der Waals surface area contributed by atoms with Crippen LogP contribution in [0, 0.1) is 5.82 Å². The van der Waals surface area contributed by atoms with Crippen LogP contribution in [0.5, 0.6) is 5.75 Å². The molecule has 1 aromatic carbocycles. The third-order valence-corrected chi connectivity index (χ3v) is 5.16. The number of halogens is 1. The number of hydrogen-bond donors (Lipinski definition) is 2. The van der Waals surface area contributed by atoms with Crippen molar-refractivity contribution >= 4 is 17.6 Å². The summed E-state index contributed by atoms with van der Waals surface area (Å²) in [5, 5.41) is 0. The van der Waals surface area contributed by atoms with Crippen molar-refractivity contribution in [3.05, 3.63) is 54.1 Å². The molecule has 1 aliphatic carbocycles. The number of pyridine rings is 1. The van der Waals surface area contributed by atoms with E-state index in [2.05, 4.69) is 15.0 Å². The highest BCUT2D eigenvalue weighted by Crippen LogP contribution is 2.43. The summed E-state index contributed by atoms with van der Waals surface area (Å²) in [6, 6.07) is 8.13. The molecule has 0 radical (unpaired) electrons. The molecule has 2 aromatic rings. The average Bonchev–Trinajstić information content (AvgIpc) is 2.68. The summed E-state index contributed by atoms with van der Waals surface area (Å²) in [6.45, 7) is 0.324. The molecular weight excluding hydrogens is 359 g/mol. The molecule has 4 rings (SSSR count). The van der Waals surface area contributed by atoms with Crippen LogP contribution in [0.3, 0.4) is 0 Å². The minimum absolute atomic E-state index is 0.159. The zero-order chi connectivity index (χ0) is 19.6. The van der Waals surface area contributed by atoms with Gasteiger partial charge in [0, 0.05) is 18.5 Å². The number of guanidine groups is 2. The smallest absolute Gasteiger partial charge is 0.220 e. The van der Waals surface area contributed by atoms with Crippen molar-refractivity contribution in [2.24, 2.45) is 21.5 Å². The molecule has 8 heteroatoms. The highest BCUT2D eigenvalue weighted by molar-refractivity contribution is 6.06. The summed E-state index contributed by atoms with van der Waals surface area (Å²) in [4.78, 5) is 14.6. The zero-order valence-corrected chi connectivity index (χ0v) is 15.5. The van der Waals surface area contributed by atoms with Crippen molar-refractivity contribution in [3.63, 3.8) is 0 Å². The van der Waals surface area contributed by atoms with Crippen molar-refractivity contribution in [2.75, 3.05) is 4.90 Å². The fourth-order valence-electron chi connectivity index (χ4n) is 3.90. The summed E-state index contributed by atoms with van der Waals surface area (Å²) >= 11 is 0. The minimum atomic E-state index is -0.656. The highest BCUT2D eigenvalue weighted by atomic mass is 19.1. The quantitative estimate of drug-likeness (QED) is 0.846. The van der Waals surface area contributed by atoms with E-state index in [4.69, 9.17) is 16.2 Å². The van der Waals surface area contributed by atoms with Gasteiger partial charge in [0.25, 0.3) is 0 Å². The molecule has 4 N–H and O–H groups in total. The van der Waals surface area contributed by atoms with E-state index in [1.165, 1.54) is 12.1 Å². The average molecular weight is 382 g/mol. The van der Waals surface area contributed by atoms with Gasteiger partial charge in [-0.15, -0.1) is 0 Å². The Balaban J connectivity index is 1.72. The van der Waals surface area contributed by atoms with Gasteiger partial charge in [0.1, 0.15) is 23.8 Å². The number of nitrogens with two attached hydrogens (primary N) is 2. The maximum atomic E-state index is 14.2. The van der Waals surface area contributed by atoms with Gasteiger partial charge in [-0.2, -0.15) is 4.99 Å². The summed E-state index contributed by atoms with van der Waals surface area (Å²) < 4.78 is 20.2. The normalized spacial score (nSPS) is 18.5. The Bertz CT molecular complexity index is 908. The van der Waals surface area contributed by atoms with Crippen LogP contribution in [0.4, 0.5) is 10.1 Å². The van der Waals surface area contributed by atoms with Crippen LogP contribution in [0.15, 0.2) is 52.7 Å². The Labute approximate surface area is 162 Å². The molecule has 146 valence electrons. The first kappa shape index (κ1) is 18.2. The maximum Gasteiger partial charge on any atom is 0.220 e. The molecule has 1 saturated carbocycles. The van der Waals surface area contributed by atoms with Crippen LogP contribution >= 0.6 is 0 Å². The van der Waals surface area contributed by atoms with Gasteiger partial charge in [-0.1, -0.05) is 6.42 Å². The van der Waals surface area contributed by atoms with E-state index in [-0.39, 0.29) is 17.7 Å². The molecule has 28 heavy (non-hydrogen) atoms. The third kappa shape index (κ3) is 3.49. The fourth-order valence-corrected chi connectivity index (χ4v) is 3.90. The summed E-state index contributed by atoms with van der Waals surface area (Å²) in [7, 11) is 0. The second kappa shape index (κ2) is 7.46. The summed E-state index contributed by atoms with van der Waals surface area (Å²) in [5.74, 6) is 0.490. The fraction of sp³-hybridized carbons (Fsp3) is 0.350. The van der Waals surface area contributed by atoms with Gasteiger partial charge >= 0.3 is 0 Å². The zero-order valence-electron chi connectivity index (χ0n) is 15.5. The minimum Gasteiger partial charge on any atom is -0.487 e. The van der Waals surface area contributed by atoms with Crippen molar-refractivity contribution in [3.8, 4) is 5.75 Å². The Hall–Kier alpha value is -3.16. The lowest BCUT2D eigenvalue weighted by molar-refractivity contribution is 0.289. The van der Waals surface area contributed by atoms with E-state index < -0.39 is 5.66 Å². The number of ether oxygens (including phenoxy) is 1. The largest absolute Gasteiger partial charge is 0.487 e. The van der Waals surface area contributed by atoms with E-state index in [0.717, 1.165) is 37.7 Å². The lowest BCUT2D eigenvalue weighted by Gasteiger charge is -2.45. The van der Waals surface area contributed by atoms with Crippen molar-refractivity contribution in [1.82, 2.24) is 4.98 Å². The number of aliphatic imine (C=N–C) groups is 2. The number of nitrogens with zero attached hydrogens (tertiary/aromatic N) is 4. The standard InChI is InChI=1S/C20H23FN6O/c21-15-4-5-17(28-13-14-6-10-24-11-7-14)16(12-15)27-19(23)25-18(22)26-20(27)8-2-1-3-9-20/h4-7,10-12H,1-3,8-9,13H2,(H4,22,23,25,26). The predicted molar refractivity (Wildman–Crippen MR) is 107 cm³/mol. The number of aromatic nitrogens is 1. The Morgan fingerprint density at radius 2 is 1.82 bits per heavy atom. The van der Waals surface area contributed by atoms with Crippen LogP contribution in [-0.4, -0.2) is 22.6 Å². The van der Waals surface area contributed by atoms with Gasteiger partial charge in [0.05, 0.1) is 5.69 Å². The first-order valence-electron chi connectivity index (χ1n) is 9.38. The molecule has 1 aromatic heterocycles. The topological polar surface area (TPSA) is 102 Å². The van der Waals surface area contributed by atoms with Gasteiger partial charge in [0.15, 0.2) is 0 Å². The van der Waals surface area contributed by atoms with Crippen LogP contribution in [-0.2, 0) is 6.61 Å². The van der Waals surface area contributed by atoms with Gasteiger partial charge in [0.2, 0.25) is 11.9 Å². The first-order chi connectivity index (χ1) is 13.6. The number of rotatable bonds is 4. The Kier molecular flexibility index (Phi) is 4.85. The van der Waals surface area contributed by atoms with Crippen LogP contribution in [0.2, 0.25) is 0 Å². The molecule has 0 atom stereocenters. The van der Waals surface area contributed by atoms with Gasteiger partial charge in [-0.25, -0.2) is 9.38 Å². The number of anilines is 1. The summed E-state index contributed by atoms with van der Waals surface area (Å²) in [6.07, 6.45) is 8.04. The molecule has 1 spiro atoms. The molecule has 1 fully saturated rings. The molecule has 1 aliphatic heterocycles. The molecule has 0 unspecified atom stereocenters. The summed E-state index contributed by atoms with van der Waals surface area (Å²) in [5.41, 5.74) is 13.0. The molecule has 0 bridgehead atoms. The molecular formula is C20H23FN6O. The number of hydrogen-bond acceptors (Lipinski definition) is 7. The van der Waals surface area contributed by atoms with Crippen molar-refractivity contribution < 1.29 is 9.13 Å². The van der Waals surface area contributed by atoms with E-state index in [9.17, 15) is 4.39 Å². The maximum absolute atomic E-state index is 14.2. The van der Waals surface area contributed by atoms with Crippen LogP contribution in [0.1, 0.15) is 37.7 Å². The predicted octanol–water partition coefficient (Wildman–Crippen LogP) is 2.91. The second-order valence-corrected chi connectivity index (χ2v) is 7.07. The first-order valence-corrected chi connectivity index (χ1v) is 9.38. The Morgan fingerprint density at radius 3 is 2.57 bits per heavy atom. The Morgan fingerprint density at radius 1 is 1.07 bits per heavy atom. The second-order valence-electron chi connectivity index (χ2n) is 7.07. The lowest BCUT2D eigenvalue weighted by atomic mass is 9.87. The van der Waals surface area contributed by atoms with Crippen molar-refractivity contribution in [1.29, 1.82) is 0 Å². The molecule has 0 amide bonds. The van der Waals surface area contributed by atoms with Crippen LogP contribution < -0.4 is 21.1 Å². The van der Waals surface area contributed by atoms with E-state index >= 15 is 0 Å². The number of benzene rings is 1. The highest BCUT2D eigenvalue weighted by Gasteiger charge is 2.43. The van der Waals surface area contributed by atoms with E-state index in [1.54, 1.807) is 23.4 Å². The lowest BCUT2D eigenvalue weighted by Crippen LogP contribution is -2.58. The van der Waals surface area contributed by atoms with Gasteiger partial charge in [-0.05, 0) is 55.5 Å². The molecule has 2 heterocycles. The van der Waals surface area contributed by atoms with E-state index in [0.29, 0.717) is 18.0 Å².